The summed E-state index contributed by atoms with van der Waals surface area (Å²) in [5.41, 5.74) is 3.58. The molecule has 28 heavy (non-hydrogen) atoms. The molecule has 0 saturated carbocycles. The number of benzene rings is 2. The number of carbonyl (C=O) groups excluding carboxylic acids is 1. The molecule has 0 spiro atoms. The van der Waals surface area contributed by atoms with E-state index in [1.165, 1.54) is 21.4 Å². The molecule has 1 amide bonds. The quantitative estimate of drug-likeness (QED) is 0.394. The molecule has 0 fully saturated rings. The van der Waals surface area contributed by atoms with E-state index < -0.39 is 0 Å². The maximum atomic E-state index is 12.5. The molecule has 3 nitrogen and oxygen atoms in total. The van der Waals surface area contributed by atoms with Crippen molar-refractivity contribution < 1.29 is 4.79 Å². The van der Waals surface area contributed by atoms with Crippen molar-refractivity contribution in [2.24, 2.45) is 0 Å². The number of fused-ring (bicyclic) bond motifs is 1. The number of carbonyl (C=O) groups is 1. The Balaban J connectivity index is 1.45. The fourth-order valence-electron chi connectivity index (χ4n) is 3.29. The predicted octanol–water partition coefficient (Wildman–Crippen LogP) is 5.58. The molecular weight excluding hydrogens is 384 g/mol. The Labute approximate surface area is 173 Å². The van der Waals surface area contributed by atoms with Gasteiger partial charge in [0.15, 0.2) is 0 Å². The monoisotopic (exact) mass is 406 g/mol. The predicted molar refractivity (Wildman–Crippen MR) is 119 cm³/mol. The number of thioether (sulfide) groups is 1. The number of para-hydroxylation sites is 1. The van der Waals surface area contributed by atoms with E-state index in [0.29, 0.717) is 12.3 Å². The first-order valence-corrected chi connectivity index (χ1v) is 11.1. The Morgan fingerprint density at radius 3 is 2.71 bits per heavy atom. The van der Waals surface area contributed by atoms with Gasteiger partial charge in [0.05, 0.1) is 5.75 Å². The van der Waals surface area contributed by atoms with E-state index in [2.05, 4.69) is 83.4 Å². The fourth-order valence-corrected chi connectivity index (χ4v) is 4.86. The third kappa shape index (κ3) is 4.32. The van der Waals surface area contributed by atoms with Crippen LogP contribution in [0.2, 0.25) is 0 Å². The molecule has 0 bridgehead atoms. The van der Waals surface area contributed by atoms with Gasteiger partial charge >= 0.3 is 0 Å². The summed E-state index contributed by atoms with van der Waals surface area (Å²) in [4.78, 5) is 18.2. The average Bonchev–Trinajstić information content (AvgIpc) is 3.39. The second-order valence-corrected chi connectivity index (χ2v) is 8.79. The molecule has 0 aliphatic carbocycles. The lowest BCUT2D eigenvalue weighted by Gasteiger charge is -2.16. The number of H-pyrrole nitrogens is 1. The SMILES string of the molecule is Cc1ccc(SCC(=O)NCC(c2cccs2)c2c[nH]c3ccccc23)cc1. The van der Waals surface area contributed by atoms with Crippen LogP contribution in [0.1, 0.15) is 21.9 Å². The number of aromatic amines is 1. The van der Waals surface area contributed by atoms with E-state index in [-0.39, 0.29) is 11.8 Å². The number of nitrogens with one attached hydrogen (secondary N) is 2. The van der Waals surface area contributed by atoms with Gasteiger partial charge in [-0.05, 0) is 42.1 Å². The summed E-state index contributed by atoms with van der Waals surface area (Å²) in [6, 6.07) is 20.8. The summed E-state index contributed by atoms with van der Waals surface area (Å²) in [6.45, 7) is 2.66. The molecule has 4 aromatic rings. The van der Waals surface area contributed by atoms with Crippen molar-refractivity contribution in [2.45, 2.75) is 17.7 Å². The molecule has 2 aromatic heterocycles. The molecule has 2 heterocycles. The lowest BCUT2D eigenvalue weighted by molar-refractivity contribution is -0.118. The number of amides is 1. The summed E-state index contributed by atoms with van der Waals surface area (Å²) in [5, 5.41) is 6.44. The first kappa shape index (κ1) is 18.8. The summed E-state index contributed by atoms with van der Waals surface area (Å²) in [6.07, 6.45) is 2.07. The van der Waals surface area contributed by atoms with Gasteiger partial charge in [0.1, 0.15) is 0 Å². The Morgan fingerprint density at radius 2 is 1.93 bits per heavy atom. The second kappa shape index (κ2) is 8.67. The molecule has 4 rings (SSSR count). The van der Waals surface area contributed by atoms with Crippen LogP contribution >= 0.6 is 23.1 Å². The van der Waals surface area contributed by atoms with E-state index in [1.807, 2.05) is 6.07 Å². The number of thiophene rings is 1. The number of rotatable bonds is 7. The average molecular weight is 407 g/mol. The van der Waals surface area contributed by atoms with Gasteiger partial charge < -0.3 is 10.3 Å². The summed E-state index contributed by atoms with van der Waals surface area (Å²) in [7, 11) is 0. The first-order chi connectivity index (χ1) is 13.7. The molecule has 2 N–H and O–H groups in total. The number of aromatic nitrogens is 1. The third-order valence-electron chi connectivity index (χ3n) is 4.78. The van der Waals surface area contributed by atoms with Crippen LogP contribution in [0, 0.1) is 6.92 Å². The maximum absolute atomic E-state index is 12.5. The van der Waals surface area contributed by atoms with Crippen LogP contribution in [0.3, 0.4) is 0 Å². The van der Waals surface area contributed by atoms with Crippen LogP contribution in [0.25, 0.3) is 10.9 Å². The molecule has 5 heteroatoms. The number of hydrogen-bond acceptors (Lipinski definition) is 3. The minimum atomic E-state index is 0.0620. The third-order valence-corrected chi connectivity index (χ3v) is 6.78. The van der Waals surface area contributed by atoms with E-state index >= 15 is 0 Å². The lowest BCUT2D eigenvalue weighted by atomic mass is 9.96. The van der Waals surface area contributed by atoms with E-state index in [9.17, 15) is 4.79 Å². The van der Waals surface area contributed by atoms with Crippen molar-refractivity contribution >= 4 is 39.9 Å². The van der Waals surface area contributed by atoms with Gasteiger partial charge in [0, 0.05) is 39.3 Å². The lowest BCUT2D eigenvalue weighted by Crippen LogP contribution is -2.30. The van der Waals surface area contributed by atoms with Crippen molar-refractivity contribution in [3.63, 3.8) is 0 Å². The standard InChI is InChI=1S/C23H22N2OS2/c1-16-8-10-17(11-9-16)28-15-23(26)25-14-20(22-7-4-12-27-22)19-13-24-21-6-3-2-5-18(19)21/h2-13,20,24H,14-15H2,1H3,(H,25,26). The van der Waals surface area contributed by atoms with Crippen molar-refractivity contribution in [2.75, 3.05) is 12.3 Å². The van der Waals surface area contributed by atoms with Crippen molar-refractivity contribution in [1.29, 1.82) is 0 Å². The Hall–Kier alpha value is -2.50. The Bertz CT molecular complexity index is 1050. The smallest absolute Gasteiger partial charge is 0.230 e. The summed E-state index contributed by atoms with van der Waals surface area (Å²) < 4.78 is 0. The topological polar surface area (TPSA) is 44.9 Å². The largest absolute Gasteiger partial charge is 0.361 e. The van der Waals surface area contributed by atoms with Gasteiger partial charge in [0.25, 0.3) is 0 Å². The molecule has 142 valence electrons. The molecule has 1 unspecified atom stereocenters. The van der Waals surface area contributed by atoms with Gasteiger partial charge in [-0.15, -0.1) is 23.1 Å². The highest BCUT2D eigenvalue weighted by molar-refractivity contribution is 8.00. The first-order valence-electron chi connectivity index (χ1n) is 9.26. The molecule has 2 aromatic carbocycles. The molecule has 0 radical (unpaired) electrons. The molecular formula is C23H22N2OS2. The molecule has 0 aliphatic heterocycles. The summed E-state index contributed by atoms with van der Waals surface area (Å²) >= 11 is 3.30. The van der Waals surface area contributed by atoms with E-state index in [4.69, 9.17) is 0 Å². The second-order valence-electron chi connectivity index (χ2n) is 6.76. The zero-order valence-corrected chi connectivity index (χ0v) is 17.3. The zero-order valence-electron chi connectivity index (χ0n) is 15.6. The van der Waals surface area contributed by atoms with Gasteiger partial charge in [-0.25, -0.2) is 0 Å². The highest BCUT2D eigenvalue weighted by Crippen LogP contribution is 2.32. The van der Waals surface area contributed by atoms with Crippen LogP contribution in [-0.2, 0) is 4.79 Å². The van der Waals surface area contributed by atoms with Crippen LogP contribution in [-0.4, -0.2) is 23.2 Å². The van der Waals surface area contributed by atoms with Crippen LogP contribution in [0.15, 0.2) is 77.1 Å². The number of hydrogen-bond donors (Lipinski definition) is 2. The Kier molecular flexibility index (Phi) is 5.84. The highest BCUT2D eigenvalue weighted by Gasteiger charge is 2.20. The van der Waals surface area contributed by atoms with E-state index in [0.717, 1.165) is 10.4 Å². The van der Waals surface area contributed by atoms with Crippen LogP contribution in [0.4, 0.5) is 0 Å². The maximum Gasteiger partial charge on any atom is 0.230 e. The number of aryl methyl sites for hydroxylation is 1. The van der Waals surface area contributed by atoms with Crippen LogP contribution < -0.4 is 5.32 Å². The van der Waals surface area contributed by atoms with Gasteiger partial charge in [-0.1, -0.05) is 42.0 Å². The zero-order chi connectivity index (χ0) is 19.3. The minimum absolute atomic E-state index is 0.0620. The summed E-state index contributed by atoms with van der Waals surface area (Å²) in [5.74, 6) is 0.630. The van der Waals surface area contributed by atoms with E-state index in [1.54, 1.807) is 23.1 Å². The molecule has 0 aliphatic rings. The van der Waals surface area contributed by atoms with Gasteiger partial charge in [0.2, 0.25) is 5.91 Å². The van der Waals surface area contributed by atoms with Crippen molar-refractivity contribution in [1.82, 2.24) is 10.3 Å². The normalized spacial score (nSPS) is 12.2. The molecule has 0 saturated heterocycles. The molecule has 1 atom stereocenters. The van der Waals surface area contributed by atoms with Crippen molar-refractivity contribution in [3.05, 3.63) is 88.2 Å². The van der Waals surface area contributed by atoms with Crippen LogP contribution in [0.5, 0.6) is 0 Å². The van der Waals surface area contributed by atoms with Crippen molar-refractivity contribution in [3.8, 4) is 0 Å². The van der Waals surface area contributed by atoms with Gasteiger partial charge in [-0.3, -0.25) is 4.79 Å². The minimum Gasteiger partial charge on any atom is -0.361 e. The van der Waals surface area contributed by atoms with Gasteiger partial charge in [-0.2, -0.15) is 0 Å². The fraction of sp³-hybridized carbons (Fsp3) is 0.174. The Morgan fingerprint density at radius 1 is 1.11 bits per heavy atom. The highest BCUT2D eigenvalue weighted by atomic mass is 32.2.